The third-order valence-corrected chi connectivity index (χ3v) is 2.09. The molecular weight excluding hydrogens is 196 g/mol. The Labute approximate surface area is 88.1 Å². The number of nitrogens with one attached hydrogen (secondary N) is 1. The zero-order chi connectivity index (χ0) is 11.3. The van der Waals surface area contributed by atoms with Crippen molar-refractivity contribution < 1.29 is 9.84 Å². The Morgan fingerprint density at radius 1 is 1.47 bits per heavy atom. The van der Waals surface area contributed by atoms with Gasteiger partial charge in [0, 0.05) is 13.5 Å². The maximum Gasteiger partial charge on any atom is 0.257 e. The number of aromatic nitrogens is 2. The van der Waals surface area contributed by atoms with Crippen molar-refractivity contribution in [2.24, 2.45) is 0 Å². The summed E-state index contributed by atoms with van der Waals surface area (Å²) >= 11 is 0. The van der Waals surface area contributed by atoms with Gasteiger partial charge < -0.3 is 14.8 Å². The number of aromatic amines is 1. The summed E-state index contributed by atoms with van der Waals surface area (Å²) in [5.41, 5.74) is 0.106. The number of methoxy groups -OCH3 is 1. The topological polar surface area (TPSA) is 75.2 Å². The van der Waals surface area contributed by atoms with Crippen molar-refractivity contribution in [2.45, 2.75) is 26.2 Å². The SMILES string of the molecule is CCCc1c(O)nc(CCOC)[nH]c1=O. The summed E-state index contributed by atoms with van der Waals surface area (Å²) in [6.07, 6.45) is 1.83. The van der Waals surface area contributed by atoms with Gasteiger partial charge in [0.15, 0.2) is 0 Å². The Bertz CT molecular complexity index is 373. The highest BCUT2D eigenvalue weighted by Crippen LogP contribution is 2.10. The quantitative estimate of drug-likeness (QED) is 0.750. The molecule has 0 aliphatic carbocycles. The molecule has 0 saturated heterocycles. The fraction of sp³-hybridized carbons (Fsp3) is 0.600. The molecular formula is C10H16N2O3. The summed E-state index contributed by atoms with van der Waals surface area (Å²) in [5, 5.41) is 9.53. The van der Waals surface area contributed by atoms with Crippen molar-refractivity contribution in [1.29, 1.82) is 0 Å². The molecule has 0 bridgehead atoms. The fourth-order valence-corrected chi connectivity index (χ4v) is 1.32. The van der Waals surface area contributed by atoms with E-state index in [1.807, 2.05) is 6.92 Å². The monoisotopic (exact) mass is 212 g/mol. The summed E-state index contributed by atoms with van der Waals surface area (Å²) < 4.78 is 4.86. The van der Waals surface area contributed by atoms with Crippen molar-refractivity contribution in [2.75, 3.05) is 13.7 Å². The van der Waals surface area contributed by atoms with Gasteiger partial charge in [-0.2, -0.15) is 4.98 Å². The van der Waals surface area contributed by atoms with E-state index in [-0.39, 0.29) is 11.4 Å². The van der Waals surface area contributed by atoms with Crippen LogP contribution >= 0.6 is 0 Å². The summed E-state index contributed by atoms with van der Waals surface area (Å²) in [6, 6.07) is 0. The molecule has 84 valence electrons. The first-order valence-electron chi connectivity index (χ1n) is 4.99. The molecule has 0 amide bonds. The maximum absolute atomic E-state index is 11.5. The predicted molar refractivity (Wildman–Crippen MR) is 56.1 cm³/mol. The Balaban J connectivity index is 2.92. The van der Waals surface area contributed by atoms with Crippen LogP contribution in [0.2, 0.25) is 0 Å². The maximum atomic E-state index is 11.5. The van der Waals surface area contributed by atoms with E-state index >= 15 is 0 Å². The molecule has 0 spiro atoms. The molecule has 0 saturated carbocycles. The minimum atomic E-state index is -0.254. The third kappa shape index (κ3) is 3.06. The van der Waals surface area contributed by atoms with Gasteiger partial charge in [-0.25, -0.2) is 0 Å². The Kier molecular flexibility index (Phi) is 4.30. The van der Waals surface area contributed by atoms with E-state index < -0.39 is 0 Å². The van der Waals surface area contributed by atoms with Crippen molar-refractivity contribution in [3.05, 3.63) is 21.7 Å². The van der Waals surface area contributed by atoms with E-state index in [0.29, 0.717) is 30.8 Å². The minimum absolute atomic E-state index is 0.160. The molecule has 5 nitrogen and oxygen atoms in total. The van der Waals surface area contributed by atoms with Gasteiger partial charge in [-0.15, -0.1) is 0 Å². The molecule has 0 radical (unpaired) electrons. The zero-order valence-corrected chi connectivity index (χ0v) is 9.04. The van der Waals surface area contributed by atoms with Crippen LogP contribution < -0.4 is 5.56 Å². The van der Waals surface area contributed by atoms with Gasteiger partial charge in [-0.3, -0.25) is 4.79 Å². The van der Waals surface area contributed by atoms with E-state index in [9.17, 15) is 9.90 Å². The highest BCUT2D eigenvalue weighted by atomic mass is 16.5. The minimum Gasteiger partial charge on any atom is -0.493 e. The molecule has 0 atom stereocenters. The van der Waals surface area contributed by atoms with E-state index in [2.05, 4.69) is 9.97 Å². The number of H-pyrrole nitrogens is 1. The number of ether oxygens (including phenoxy) is 1. The van der Waals surface area contributed by atoms with Crippen LogP contribution in [0.5, 0.6) is 5.88 Å². The molecule has 0 unspecified atom stereocenters. The number of hydrogen-bond donors (Lipinski definition) is 2. The highest BCUT2D eigenvalue weighted by molar-refractivity contribution is 5.22. The molecule has 0 aliphatic rings. The molecule has 0 aromatic carbocycles. The van der Waals surface area contributed by atoms with Crippen LogP contribution in [0, 0.1) is 0 Å². The van der Waals surface area contributed by atoms with Crippen LogP contribution in [0.15, 0.2) is 4.79 Å². The molecule has 1 aromatic heterocycles. The molecule has 1 aromatic rings. The zero-order valence-electron chi connectivity index (χ0n) is 9.04. The lowest BCUT2D eigenvalue weighted by atomic mass is 10.2. The molecule has 0 aliphatic heterocycles. The van der Waals surface area contributed by atoms with E-state index in [0.717, 1.165) is 6.42 Å². The summed E-state index contributed by atoms with van der Waals surface area (Å²) in [7, 11) is 1.57. The van der Waals surface area contributed by atoms with Gasteiger partial charge in [-0.05, 0) is 6.42 Å². The van der Waals surface area contributed by atoms with Crippen molar-refractivity contribution in [3.8, 4) is 5.88 Å². The van der Waals surface area contributed by atoms with Crippen LogP contribution in [0.1, 0.15) is 24.7 Å². The number of rotatable bonds is 5. The van der Waals surface area contributed by atoms with Crippen molar-refractivity contribution in [1.82, 2.24) is 9.97 Å². The summed E-state index contributed by atoms with van der Waals surface area (Å²) in [5.74, 6) is 0.297. The Morgan fingerprint density at radius 2 is 2.20 bits per heavy atom. The number of nitrogens with zero attached hydrogens (tertiary/aromatic N) is 1. The second-order valence-electron chi connectivity index (χ2n) is 3.31. The normalized spacial score (nSPS) is 10.5. The van der Waals surface area contributed by atoms with Crippen molar-refractivity contribution in [3.63, 3.8) is 0 Å². The number of hydrogen-bond acceptors (Lipinski definition) is 4. The molecule has 0 fully saturated rings. The Hall–Kier alpha value is -1.36. The first-order valence-corrected chi connectivity index (χ1v) is 4.99. The molecule has 1 heterocycles. The summed E-state index contributed by atoms with van der Waals surface area (Å²) in [6.45, 7) is 2.41. The second-order valence-corrected chi connectivity index (χ2v) is 3.31. The average molecular weight is 212 g/mol. The fourth-order valence-electron chi connectivity index (χ4n) is 1.32. The van der Waals surface area contributed by atoms with Gasteiger partial charge in [0.1, 0.15) is 5.82 Å². The largest absolute Gasteiger partial charge is 0.493 e. The molecule has 2 N–H and O–H groups in total. The second kappa shape index (κ2) is 5.50. The van der Waals surface area contributed by atoms with Gasteiger partial charge in [-0.1, -0.05) is 13.3 Å². The first-order chi connectivity index (χ1) is 7.19. The van der Waals surface area contributed by atoms with Crippen LogP contribution in [0.25, 0.3) is 0 Å². The van der Waals surface area contributed by atoms with E-state index in [4.69, 9.17) is 4.74 Å². The van der Waals surface area contributed by atoms with Gasteiger partial charge in [0.25, 0.3) is 5.56 Å². The molecule has 5 heteroatoms. The lowest BCUT2D eigenvalue weighted by Gasteiger charge is -2.04. The Morgan fingerprint density at radius 3 is 2.73 bits per heavy atom. The van der Waals surface area contributed by atoms with Gasteiger partial charge in [0.05, 0.1) is 12.2 Å². The van der Waals surface area contributed by atoms with Crippen LogP contribution in [0.4, 0.5) is 0 Å². The third-order valence-electron chi connectivity index (χ3n) is 2.09. The lowest BCUT2D eigenvalue weighted by molar-refractivity contribution is 0.200. The lowest BCUT2D eigenvalue weighted by Crippen LogP contribution is -2.17. The van der Waals surface area contributed by atoms with Crippen LogP contribution in [0.3, 0.4) is 0 Å². The van der Waals surface area contributed by atoms with E-state index in [1.54, 1.807) is 7.11 Å². The number of aromatic hydroxyl groups is 1. The molecule has 1 rings (SSSR count). The first kappa shape index (κ1) is 11.7. The van der Waals surface area contributed by atoms with Crippen LogP contribution in [-0.4, -0.2) is 28.8 Å². The average Bonchev–Trinajstić information content (AvgIpc) is 2.20. The standard InChI is InChI=1S/C10H16N2O3/c1-3-4-7-9(13)11-8(5-6-15-2)12-10(7)14/h3-6H2,1-2H3,(H2,11,12,13,14). The molecule has 15 heavy (non-hydrogen) atoms. The van der Waals surface area contributed by atoms with E-state index in [1.165, 1.54) is 0 Å². The van der Waals surface area contributed by atoms with Crippen LogP contribution in [-0.2, 0) is 17.6 Å². The van der Waals surface area contributed by atoms with Gasteiger partial charge >= 0.3 is 0 Å². The van der Waals surface area contributed by atoms with Gasteiger partial charge in [0.2, 0.25) is 5.88 Å². The smallest absolute Gasteiger partial charge is 0.257 e. The highest BCUT2D eigenvalue weighted by Gasteiger charge is 2.09. The predicted octanol–water partition coefficient (Wildman–Crippen LogP) is 0.617. The summed E-state index contributed by atoms with van der Waals surface area (Å²) in [4.78, 5) is 18.1. The van der Waals surface area contributed by atoms with Crippen molar-refractivity contribution >= 4 is 0 Å².